The van der Waals surface area contributed by atoms with Crippen molar-refractivity contribution in [2.45, 2.75) is 53.0 Å². The molecule has 0 saturated carbocycles. The minimum atomic E-state index is -0.616. The van der Waals surface area contributed by atoms with Gasteiger partial charge in [-0.2, -0.15) is 0 Å². The van der Waals surface area contributed by atoms with Gasteiger partial charge in [0, 0.05) is 13.1 Å². The lowest BCUT2D eigenvalue weighted by molar-refractivity contribution is -0.153. The van der Waals surface area contributed by atoms with Crippen LogP contribution in [-0.4, -0.2) is 29.1 Å². The van der Waals surface area contributed by atoms with Crippen molar-refractivity contribution >= 4 is 5.97 Å². The predicted molar refractivity (Wildman–Crippen MR) is 85.4 cm³/mol. The largest absolute Gasteiger partial charge is 0.481 e. The number of carbonyl (C=O) groups is 1. The average molecular weight is 289 g/mol. The quantitative estimate of drug-likeness (QED) is 0.897. The number of piperidine rings is 1. The van der Waals surface area contributed by atoms with Crippen molar-refractivity contribution in [2.24, 2.45) is 5.41 Å². The first-order valence-electron chi connectivity index (χ1n) is 7.99. The van der Waals surface area contributed by atoms with Crippen molar-refractivity contribution < 1.29 is 9.90 Å². The molecule has 1 aromatic carbocycles. The van der Waals surface area contributed by atoms with Gasteiger partial charge in [0.25, 0.3) is 0 Å². The molecule has 0 amide bonds. The van der Waals surface area contributed by atoms with Gasteiger partial charge in [0.15, 0.2) is 0 Å². The zero-order valence-electron chi connectivity index (χ0n) is 13.5. The number of carboxylic acids is 1. The molecule has 116 valence electrons. The molecule has 2 rings (SSSR count). The molecule has 1 heterocycles. The molecule has 1 unspecified atom stereocenters. The first kappa shape index (κ1) is 16.0. The van der Waals surface area contributed by atoms with E-state index < -0.39 is 11.4 Å². The molecule has 0 aromatic heterocycles. The molecule has 1 saturated heterocycles. The number of hydrogen-bond donors (Lipinski definition) is 1. The second-order valence-corrected chi connectivity index (χ2v) is 6.58. The van der Waals surface area contributed by atoms with E-state index in [0.717, 1.165) is 38.8 Å². The summed E-state index contributed by atoms with van der Waals surface area (Å²) in [5.74, 6) is -0.616. The number of likely N-dealkylation sites (tertiary alicyclic amines) is 1. The number of aliphatic carboxylic acids is 1. The van der Waals surface area contributed by atoms with E-state index in [9.17, 15) is 9.90 Å². The van der Waals surface area contributed by atoms with Crippen LogP contribution in [0.1, 0.15) is 49.3 Å². The van der Waals surface area contributed by atoms with Crippen molar-refractivity contribution in [1.82, 2.24) is 4.90 Å². The second-order valence-electron chi connectivity index (χ2n) is 6.58. The molecule has 3 nitrogen and oxygen atoms in total. The molecule has 1 aliphatic heterocycles. The van der Waals surface area contributed by atoms with Gasteiger partial charge < -0.3 is 5.11 Å². The zero-order chi connectivity index (χ0) is 15.5. The fraction of sp³-hybridized carbons (Fsp3) is 0.611. The Kier molecular flexibility index (Phi) is 5.04. The summed E-state index contributed by atoms with van der Waals surface area (Å²) >= 11 is 0. The van der Waals surface area contributed by atoms with Crippen LogP contribution >= 0.6 is 0 Å². The monoisotopic (exact) mass is 289 g/mol. The standard InChI is InChI=1S/C18H27NO2/c1-4-8-18(17(20)21)9-5-10-19(13-18)12-16-11-14(2)6-7-15(16)3/h6-7,11H,4-5,8-10,12-13H2,1-3H3,(H,20,21). The van der Waals surface area contributed by atoms with Crippen molar-refractivity contribution in [2.75, 3.05) is 13.1 Å². The zero-order valence-corrected chi connectivity index (χ0v) is 13.5. The van der Waals surface area contributed by atoms with Gasteiger partial charge in [-0.05, 0) is 50.8 Å². The lowest BCUT2D eigenvalue weighted by atomic mass is 9.76. The van der Waals surface area contributed by atoms with Crippen LogP contribution in [0, 0.1) is 19.3 Å². The maximum absolute atomic E-state index is 11.8. The van der Waals surface area contributed by atoms with Crippen molar-refractivity contribution in [3.8, 4) is 0 Å². The lowest BCUT2D eigenvalue weighted by Crippen LogP contribution is -2.47. The summed E-state index contributed by atoms with van der Waals surface area (Å²) in [6.45, 7) is 8.88. The molecule has 1 aromatic rings. The highest BCUT2D eigenvalue weighted by Crippen LogP contribution is 2.35. The second kappa shape index (κ2) is 6.61. The molecule has 21 heavy (non-hydrogen) atoms. The molecular weight excluding hydrogens is 262 g/mol. The number of nitrogens with zero attached hydrogens (tertiary/aromatic N) is 1. The maximum atomic E-state index is 11.8. The smallest absolute Gasteiger partial charge is 0.310 e. The van der Waals surface area contributed by atoms with Gasteiger partial charge in [0.05, 0.1) is 5.41 Å². The van der Waals surface area contributed by atoms with E-state index in [0.29, 0.717) is 6.54 Å². The number of rotatable bonds is 5. The van der Waals surface area contributed by atoms with E-state index in [2.05, 4.69) is 43.9 Å². The van der Waals surface area contributed by atoms with E-state index in [1.807, 2.05) is 0 Å². The minimum Gasteiger partial charge on any atom is -0.481 e. The Balaban J connectivity index is 2.13. The van der Waals surface area contributed by atoms with Crippen LogP contribution in [0.2, 0.25) is 0 Å². The van der Waals surface area contributed by atoms with Crippen LogP contribution in [0.4, 0.5) is 0 Å². The molecule has 1 fully saturated rings. The van der Waals surface area contributed by atoms with E-state index in [-0.39, 0.29) is 0 Å². The summed E-state index contributed by atoms with van der Waals surface area (Å²) in [5, 5.41) is 9.68. The third kappa shape index (κ3) is 3.65. The van der Waals surface area contributed by atoms with Crippen LogP contribution in [-0.2, 0) is 11.3 Å². The molecule has 1 atom stereocenters. The summed E-state index contributed by atoms with van der Waals surface area (Å²) in [4.78, 5) is 14.1. The Hall–Kier alpha value is -1.35. The SMILES string of the molecule is CCCC1(C(=O)O)CCCN(Cc2cc(C)ccc2C)C1. The van der Waals surface area contributed by atoms with E-state index in [1.165, 1.54) is 16.7 Å². The van der Waals surface area contributed by atoms with E-state index >= 15 is 0 Å². The Morgan fingerprint density at radius 2 is 2.14 bits per heavy atom. The summed E-state index contributed by atoms with van der Waals surface area (Å²) in [7, 11) is 0. The molecule has 3 heteroatoms. The third-order valence-electron chi connectivity index (χ3n) is 4.74. The van der Waals surface area contributed by atoms with Crippen LogP contribution in [0.15, 0.2) is 18.2 Å². The lowest BCUT2D eigenvalue weighted by Gasteiger charge is -2.40. The fourth-order valence-corrected chi connectivity index (χ4v) is 3.54. The minimum absolute atomic E-state index is 0.537. The van der Waals surface area contributed by atoms with Crippen LogP contribution < -0.4 is 0 Å². The van der Waals surface area contributed by atoms with Gasteiger partial charge in [0.2, 0.25) is 0 Å². The summed E-state index contributed by atoms with van der Waals surface area (Å²) < 4.78 is 0. The van der Waals surface area contributed by atoms with Crippen molar-refractivity contribution in [3.63, 3.8) is 0 Å². The molecule has 1 aliphatic rings. The molecule has 1 N–H and O–H groups in total. The summed E-state index contributed by atoms with van der Waals surface area (Å²) in [6.07, 6.45) is 3.52. The number of aryl methyl sites for hydroxylation is 2. The van der Waals surface area contributed by atoms with Crippen LogP contribution in [0.25, 0.3) is 0 Å². The average Bonchev–Trinajstić information content (AvgIpc) is 2.43. The van der Waals surface area contributed by atoms with Gasteiger partial charge in [-0.25, -0.2) is 0 Å². The Bertz CT molecular complexity index is 508. The van der Waals surface area contributed by atoms with Crippen LogP contribution in [0.3, 0.4) is 0 Å². The van der Waals surface area contributed by atoms with Crippen molar-refractivity contribution in [3.05, 3.63) is 34.9 Å². The van der Waals surface area contributed by atoms with Gasteiger partial charge in [-0.1, -0.05) is 37.1 Å². The number of benzene rings is 1. The first-order valence-corrected chi connectivity index (χ1v) is 7.99. The topological polar surface area (TPSA) is 40.5 Å². The Morgan fingerprint density at radius 1 is 1.38 bits per heavy atom. The normalized spacial score (nSPS) is 23.2. The fourth-order valence-electron chi connectivity index (χ4n) is 3.54. The first-order chi connectivity index (χ1) is 9.97. The van der Waals surface area contributed by atoms with Crippen LogP contribution in [0.5, 0.6) is 0 Å². The summed E-state index contributed by atoms with van der Waals surface area (Å²) in [5.41, 5.74) is 3.35. The highest BCUT2D eigenvalue weighted by atomic mass is 16.4. The molecule has 0 spiro atoms. The maximum Gasteiger partial charge on any atom is 0.310 e. The van der Waals surface area contributed by atoms with Crippen molar-refractivity contribution in [1.29, 1.82) is 0 Å². The summed E-state index contributed by atoms with van der Waals surface area (Å²) in [6, 6.07) is 6.52. The highest BCUT2D eigenvalue weighted by molar-refractivity contribution is 5.75. The van der Waals surface area contributed by atoms with E-state index in [1.54, 1.807) is 0 Å². The van der Waals surface area contributed by atoms with Gasteiger partial charge in [-0.3, -0.25) is 9.69 Å². The molecule has 0 bridgehead atoms. The number of hydrogen-bond acceptors (Lipinski definition) is 2. The van der Waals surface area contributed by atoms with Gasteiger partial charge in [0.1, 0.15) is 0 Å². The van der Waals surface area contributed by atoms with Gasteiger partial charge in [-0.15, -0.1) is 0 Å². The number of carboxylic acid groups (broad SMARTS) is 1. The molecular formula is C18H27NO2. The Labute approximate surface area is 128 Å². The molecule has 0 aliphatic carbocycles. The van der Waals surface area contributed by atoms with Gasteiger partial charge >= 0.3 is 5.97 Å². The molecule has 0 radical (unpaired) electrons. The van der Waals surface area contributed by atoms with E-state index in [4.69, 9.17) is 0 Å². The highest BCUT2D eigenvalue weighted by Gasteiger charge is 2.41. The predicted octanol–water partition coefficient (Wildman–Crippen LogP) is 3.77. The third-order valence-corrected chi connectivity index (χ3v) is 4.74. The Morgan fingerprint density at radius 3 is 2.81 bits per heavy atom.